The van der Waals surface area contributed by atoms with Crippen LogP contribution in [0.4, 0.5) is 0 Å². The van der Waals surface area contributed by atoms with Gasteiger partial charge in [-0.15, -0.1) is 11.3 Å². The molecule has 0 saturated carbocycles. The first kappa shape index (κ1) is 19.7. The van der Waals surface area contributed by atoms with Gasteiger partial charge in [0.25, 0.3) is 5.91 Å². The second kappa shape index (κ2) is 8.03. The summed E-state index contributed by atoms with van der Waals surface area (Å²) >= 11 is 1.67. The molecule has 3 heterocycles. The van der Waals surface area contributed by atoms with Gasteiger partial charge in [-0.3, -0.25) is 9.59 Å². The summed E-state index contributed by atoms with van der Waals surface area (Å²) in [6, 6.07) is 14.5. The molecule has 0 radical (unpaired) electrons. The molecular weight excluding hydrogens is 382 g/mol. The molecule has 3 aromatic rings. The van der Waals surface area contributed by atoms with Crippen LogP contribution in [0, 0.1) is 0 Å². The zero-order valence-corrected chi connectivity index (χ0v) is 18.0. The third-order valence-electron chi connectivity index (χ3n) is 5.87. The maximum atomic E-state index is 13.5. The average Bonchev–Trinajstić information content (AvgIpc) is 3.34. The summed E-state index contributed by atoms with van der Waals surface area (Å²) in [7, 11) is 0. The maximum Gasteiger partial charge on any atom is 0.270 e. The summed E-state index contributed by atoms with van der Waals surface area (Å²) in [6.07, 6.45) is 0.506. The Kier molecular flexibility index (Phi) is 5.46. The van der Waals surface area contributed by atoms with E-state index in [0.29, 0.717) is 26.1 Å². The predicted molar refractivity (Wildman–Crippen MR) is 117 cm³/mol. The normalized spacial score (nSPS) is 18.2. The second-order valence-corrected chi connectivity index (χ2v) is 8.60. The van der Waals surface area contributed by atoms with Gasteiger partial charge in [0.15, 0.2) is 0 Å². The van der Waals surface area contributed by atoms with E-state index in [1.54, 1.807) is 11.3 Å². The summed E-state index contributed by atoms with van der Waals surface area (Å²) in [5.41, 5.74) is 1.91. The molecule has 0 bridgehead atoms. The number of fused-ring (bicyclic) bond motifs is 1. The van der Waals surface area contributed by atoms with Gasteiger partial charge < -0.3 is 14.4 Å². The quantitative estimate of drug-likeness (QED) is 0.641. The van der Waals surface area contributed by atoms with E-state index >= 15 is 0 Å². The summed E-state index contributed by atoms with van der Waals surface area (Å²) in [4.78, 5) is 30.6. The molecule has 152 valence electrons. The highest BCUT2D eigenvalue weighted by molar-refractivity contribution is 7.16. The molecule has 2 aromatic heterocycles. The number of nitrogens with zero attached hydrogens (tertiary/aromatic N) is 3. The molecule has 1 fully saturated rings. The molecule has 29 heavy (non-hydrogen) atoms. The topological polar surface area (TPSA) is 45.6 Å². The van der Waals surface area contributed by atoms with Crippen molar-refractivity contribution in [1.29, 1.82) is 0 Å². The lowest BCUT2D eigenvalue weighted by Crippen LogP contribution is -2.55. The Morgan fingerprint density at radius 1 is 1.17 bits per heavy atom. The van der Waals surface area contributed by atoms with Crippen LogP contribution in [0.15, 0.2) is 47.8 Å². The van der Waals surface area contributed by atoms with Crippen molar-refractivity contribution in [2.75, 3.05) is 19.6 Å². The Bertz CT molecular complexity index is 1020. The van der Waals surface area contributed by atoms with Gasteiger partial charge in [-0.2, -0.15) is 0 Å². The van der Waals surface area contributed by atoms with E-state index < -0.39 is 0 Å². The fourth-order valence-corrected chi connectivity index (χ4v) is 5.23. The smallest absolute Gasteiger partial charge is 0.270 e. The average molecular weight is 410 g/mol. The van der Waals surface area contributed by atoms with E-state index in [2.05, 4.69) is 35.1 Å². The Hall–Kier alpha value is -2.60. The van der Waals surface area contributed by atoms with Gasteiger partial charge in [0.2, 0.25) is 5.91 Å². The zero-order valence-electron chi connectivity index (χ0n) is 17.2. The Morgan fingerprint density at radius 2 is 1.93 bits per heavy atom. The van der Waals surface area contributed by atoms with Crippen LogP contribution in [-0.4, -0.2) is 51.9 Å². The van der Waals surface area contributed by atoms with Crippen LogP contribution < -0.4 is 0 Å². The lowest BCUT2D eigenvalue weighted by molar-refractivity contribution is -0.134. The van der Waals surface area contributed by atoms with Crippen molar-refractivity contribution in [2.45, 2.75) is 39.3 Å². The van der Waals surface area contributed by atoms with Gasteiger partial charge in [0.1, 0.15) is 10.5 Å². The molecule has 2 atom stereocenters. The Labute approximate surface area is 175 Å². The summed E-state index contributed by atoms with van der Waals surface area (Å²) in [5.74, 6) is 0.206. The number of aromatic nitrogens is 1. The molecule has 2 amide bonds. The minimum absolute atomic E-state index is 0.0382. The first-order valence-corrected chi connectivity index (χ1v) is 11.1. The molecule has 1 aliphatic rings. The number of amides is 2. The van der Waals surface area contributed by atoms with E-state index in [1.807, 2.05) is 47.9 Å². The third-order valence-corrected chi connectivity index (χ3v) is 6.80. The number of rotatable bonds is 4. The van der Waals surface area contributed by atoms with Crippen LogP contribution in [0.25, 0.3) is 10.2 Å². The minimum atomic E-state index is 0.0382. The maximum absolute atomic E-state index is 13.5. The van der Waals surface area contributed by atoms with Crippen molar-refractivity contribution in [1.82, 2.24) is 14.4 Å². The van der Waals surface area contributed by atoms with Gasteiger partial charge in [0, 0.05) is 37.5 Å². The molecule has 0 spiro atoms. The first-order chi connectivity index (χ1) is 14.0. The molecule has 1 saturated heterocycles. The highest BCUT2D eigenvalue weighted by Gasteiger charge is 2.31. The van der Waals surface area contributed by atoms with Crippen molar-refractivity contribution in [3.05, 3.63) is 59.1 Å². The van der Waals surface area contributed by atoms with E-state index in [1.165, 1.54) is 5.56 Å². The van der Waals surface area contributed by atoms with Crippen LogP contribution in [-0.2, 0) is 4.79 Å². The zero-order chi connectivity index (χ0) is 20.5. The van der Waals surface area contributed by atoms with E-state index in [9.17, 15) is 9.59 Å². The molecule has 6 heteroatoms. The molecule has 1 aromatic carbocycles. The Morgan fingerprint density at radius 3 is 2.62 bits per heavy atom. The Balaban J connectivity index is 1.65. The first-order valence-electron chi connectivity index (χ1n) is 10.2. The predicted octanol–water partition coefficient (Wildman–Crippen LogP) is 4.40. The summed E-state index contributed by atoms with van der Waals surface area (Å²) in [6.45, 7) is 7.81. The van der Waals surface area contributed by atoms with Crippen LogP contribution in [0.2, 0.25) is 0 Å². The highest BCUT2D eigenvalue weighted by Crippen LogP contribution is 2.32. The summed E-state index contributed by atoms with van der Waals surface area (Å²) in [5, 5.41) is 3.18. The number of hydrogen-bond donors (Lipinski definition) is 0. The van der Waals surface area contributed by atoms with Crippen molar-refractivity contribution < 1.29 is 9.59 Å². The highest BCUT2D eigenvalue weighted by atomic mass is 32.1. The second-order valence-electron chi connectivity index (χ2n) is 7.71. The van der Waals surface area contributed by atoms with Gasteiger partial charge >= 0.3 is 0 Å². The molecular formula is C23H27N3O2S. The minimum Gasteiger partial charge on any atom is -0.336 e. The number of carbonyl (C=O) groups excluding carboxylic acids is 2. The number of benzene rings is 1. The van der Waals surface area contributed by atoms with Gasteiger partial charge in [-0.05, 0) is 36.9 Å². The van der Waals surface area contributed by atoms with Crippen molar-refractivity contribution in [3.8, 4) is 0 Å². The van der Waals surface area contributed by atoms with Crippen LogP contribution in [0.1, 0.15) is 49.3 Å². The van der Waals surface area contributed by atoms with E-state index in [4.69, 9.17) is 0 Å². The molecule has 0 N–H and O–H groups in total. The number of thiophene rings is 1. The summed E-state index contributed by atoms with van der Waals surface area (Å²) < 4.78 is 2.17. The fourth-order valence-electron chi connectivity index (χ4n) is 4.25. The van der Waals surface area contributed by atoms with E-state index in [-0.39, 0.29) is 23.9 Å². The number of hydrogen-bond acceptors (Lipinski definition) is 3. The molecule has 1 aliphatic heterocycles. The van der Waals surface area contributed by atoms with Crippen LogP contribution in [0.3, 0.4) is 0 Å². The standard InChI is InChI=1S/C23H27N3O2S/c1-4-21(27)25-12-11-24(15-16(25)2)22(28)20-14-19-10-13-29-23(19)26(20)17(3)18-8-6-5-7-9-18/h5-10,13-14,16-17H,4,11-12,15H2,1-3H3/t16-,17+/m1/s1. The third kappa shape index (κ3) is 3.57. The van der Waals surface area contributed by atoms with Crippen LogP contribution >= 0.6 is 11.3 Å². The SMILES string of the molecule is CCC(=O)N1CCN(C(=O)c2cc3ccsc3n2[C@@H](C)c2ccccc2)C[C@H]1C. The number of carbonyl (C=O) groups is 2. The molecule has 0 aliphatic carbocycles. The molecule has 4 rings (SSSR count). The molecule has 5 nitrogen and oxygen atoms in total. The van der Waals surface area contributed by atoms with Gasteiger partial charge in [-0.25, -0.2) is 0 Å². The van der Waals surface area contributed by atoms with E-state index in [0.717, 1.165) is 15.9 Å². The monoisotopic (exact) mass is 409 g/mol. The number of piperazine rings is 1. The lowest BCUT2D eigenvalue weighted by Gasteiger charge is -2.40. The van der Waals surface area contributed by atoms with Crippen LogP contribution in [0.5, 0.6) is 0 Å². The van der Waals surface area contributed by atoms with Gasteiger partial charge in [-0.1, -0.05) is 37.3 Å². The van der Waals surface area contributed by atoms with Crippen molar-refractivity contribution in [2.24, 2.45) is 0 Å². The van der Waals surface area contributed by atoms with Crippen molar-refractivity contribution in [3.63, 3.8) is 0 Å². The largest absolute Gasteiger partial charge is 0.336 e. The molecule has 0 unspecified atom stereocenters. The van der Waals surface area contributed by atoms with Gasteiger partial charge in [0.05, 0.1) is 6.04 Å². The fraction of sp³-hybridized carbons (Fsp3) is 0.391. The van der Waals surface area contributed by atoms with Crippen molar-refractivity contribution >= 4 is 33.4 Å². The lowest BCUT2D eigenvalue weighted by atomic mass is 10.1.